The zero-order chi connectivity index (χ0) is 28.8. The Morgan fingerprint density at radius 3 is 2.26 bits per heavy atom. The molecule has 0 aliphatic carbocycles. The van der Waals surface area contributed by atoms with Crippen LogP contribution in [0.25, 0.3) is 5.65 Å². The monoisotopic (exact) mass is 566 g/mol. The van der Waals surface area contributed by atoms with E-state index in [0.29, 0.717) is 18.4 Å². The lowest BCUT2D eigenvalue weighted by Gasteiger charge is -2.50. The number of carboxylic acids is 2. The van der Waals surface area contributed by atoms with Crippen molar-refractivity contribution < 1.29 is 55.6 Å². The van der Waals surface area contributed by atoms with Crippen molar-refractivity contribution in [3.8, 4) is 5.88 Å². The molecule has 12 nitrogen and oxygen atoms in total. The lowest BCUT2D eigenvalue weighted by atomic mass is 9.81. The first-order chi connectivity index (χ1) is 18.2. The van der Waals surface area contributed by atoms with Gasteiger partial charge in [-0.15, -0.1) is 15.3 Å². The lowest BCUT2D eigenvalue weighted by molar-refractivity contribution is -0.193. The minimum atomic E-state index is -5.08. The van der Waals surface area contributed by atoms with E-state index in [1.54, 1.807) is 17.0 Å². The number of aliphatic carboxylic acids is 2. The summed E-state index contributed by atoms with van der Waals surface area (Å²) >= 11 is 0. The molecule has 0 bridgehead atoms. The van der Waals surface area contributed by atoms with Gasteiger partial charge in [-0.2, -0.15) is 30.9 Å². The number of alkyl halides is 6. The number of nitrogens with zero attached hydrogens (tertiary/aromatic N) is 6. The van der Waals surface area contributed by atoms with Crippen LogP contribution in [-0.2, 0) is 14.3 Å². The van der Waals surface area contributed by atoms with Gasteiger partial charge in [0.2, 0.25) is 5.88 Å². The van der Waals surface area contributed by atoms with Crippen LogP contribution in [-0.4, -0.2) is 91.2 Å². The van der Waals surface area contributed by atoms with Gasteiger partial charge in [0.25, 0.3) is 0 Å². The Bertz CT molecular complexity index is 1240. The van der Waals surface area contributed by atoms with Crippen molar-refractivity contribution in [3.05, 3.63) is 42.9 Å². The fraction of sp³-hybridized carbons (Fsp3) is 0.429. The molecule has 2 aliphatic rings. The van der Waals surface area contributed by atoms with Gasteiger partial charge in [-0.25, -0.2) is 14.6 Å². The second kappa shape index (κ2) is 11.7. The fourth-order valence-electron chi connectivity index (χ4n) is 3.64. The van der Waals surface area contributed by atoms with E-state index in [-0.39, 0.29) is 5.60 Å². The van der Waals surface area contributed by atoms with E-state index in [9.17, 15) is 26.3 Å². The molecule has 1 atom stereocenters. The molecule has 5 heterocycles. The third-order valence-electron chi connectivity index (χ3n) is 5.54. The Morgan fingerprint density at radius 2 is 1.69 bits per heavy atom. The Labute approximate surface area is 214 Å². The van der Waals surface area contributed by atoms with E-state index in [1.165, 1.54) is 0 Å². The van der Waals surface area contributed by atoms with Crippen molar-refractivity contribution in [1.29, 1.82) is 0 Å². The minimum Gasteiger partial charge on any atom is -0.477 e. The zero-order valence-corrected chi connectivity index (χ0v) is 19.6. The summed E-state index contributed by atoms with van der Waals surface area (Å²) in [6.07, 6.45) is -5.79. The Morgan fingerprint density at radius 1 is 1.05 bits per heavy atom. The quantitative estimate of drug-likeness (QED) is 0.448. The molecule has 39 heavy (non-hydrogen) atoms. The Hall–Kier alpha value is -4.22. The largest absolute Gasteiger partial charge is 0.490 e. The summed E-state index contributed by atoms with van der Waals surface area (Å²) in [7, 11) is 0. The van der Waals surface area contributed by atoms with Gasteiger partial charge in [0, 0.05) is 24.8 Å². The molecule has 212 valence electrons. The smallest absolute Gasteiger partial charge is 0.477 e. The van der Waals surface area contributed by atoms with Crippen molar-refractivity contribution >= 4 is 23.4 Å². The maximum atomic E-state index is 10.6. The first-order valence-electron chi connectivity index (χ1n) is 10.9. The SMILES string of the molecule is O=C(O)C(F)(F)F.O=C(O)C(F)(F)F.c1ccc(OCC2CCOC23CN(c2ccc4nncn4n2)C3)nc1. The zero-order valence-electron chi connectivity index (χ0n) is 19.6. The number of rotatable bonds is 4. The van der Waals surface area contributed by atoms with Crippen LogP contribution >= 0.6 is 0 Å². The van der Waals surface area contributed by atoms with Gasteiger partial charge in [0.15, 0.2) is 5.65 Å². The van der Waals surface area contributed by atoms with Crippen LogP contribution in [0.15, 0.2) is 42.9 Å². The number of fused-ring (bicyclic) bond motifs is 1. The summed E-state index contributed by atoms with van der Waals surface area (Å²) in [5, 5.41) is 26.7. The van der Waals surface area contributed by atoms with Crippen LogP contribution in [0.5, 0.6) is 5.88 Å². The topological polar surface area (TPSA) is 152 Å². The predicted octanol–water partition coefficient (Wildman–Crippen LogP) is 2.46. The molecular weight excluding hydrogens is 546 g/mol. The number of pyridine rings is 1. The fourth-order valence-corrected chi connectivity index (χ4v) is 3.64. The van der Waals surface area contributed by atoms with Crippen LogP contribution in [0.1, 0.15) is 6.42 Å². The molecule has 0 saturated carbocycles. The normalized spacial score (nSPS) is 17.9. The van der Waals surface area contributed by atoms with Crippen molar-refractivity contribution in [2.45, 2.75) is 24.4 Å². The van der Waals surface area contributed by atoms with Crippen LogP contribution in [0.4, 0.5) is 32.2 Å². The molecule has 3 aromatic heterocycles. The molecule has 18 heteroatoms. The van der Waals surface area contributed by atoms with E-state index in [1.807, 2.05) is 30.3 Å². The summed E-state index contributed by atoms with van der Waals surface area (Å²) in [6, 6.07) is 9.61. The van der Waals surface area contributed by atoms with E-state index in [4.69, 9.17) is 29.3 Å². The molecular formula is C21H20F6N6O6. The highest BCUT2D eigenvalue weighted by molar-refractivity contribution is 5.73. The number of hydrogen-bond donors (Lipinski definition) is 2. The first kappa shape index (κ1) is 29.3. The second-order valence-electron chi connectivity index (χ2n) is 8.16. The van der Waals surface area contributed by atoms with Gasteiger partial charge in [0.1, 0.15) is 17.7 Å². The molecule has 0 aromatic carbocycles. The summed E-state index contributed by atoms with van der Waals surface area (Å²) in [4.78, 5) is 24.2. The minimum absolute atomic E-state index is 0.140. The highest BCUT2D eigenvalue weighted by Crippen LogP contribution is 2.41. The predicted molar refractivity (Wildman–Crippen MR) is 117 cm³/mol. The van der Waals surface area contributed by atoms with Gasteiger partial charge in [-0.1, -0.05) is 6.07 Å². The molecule has 2 aliphatic heterocycles. The lowest BCUT2D eigenvalue weighted by Crippen LogP contribution is -2.66. The molecule has 1 unspecified atom stereocenters. The molecule has 0 radical (unpaired) electrons. The van der Waals surface area contributed by atoms with Crippen molar-refractivity contribution in [2.24, 2.45) is 5.92 Å². The number of carboxylic acid groups (broad SMARTS) is 2. The van der Waals surface area contributed by atoms with Crippen molar-refractivity contribution in [2.75, 3.05) is 31.2 Å². The van der Waals surface area contributed by atoms with Crippen LogP contribution in [0, 0.1) is 5.92 Å². The van der Waals surface area contributed by atoms with Gasteiger partial charge >= 0.3 is 24.3 Å². The van der Waals surface area contributed by atoms with E-state index >= 15 is 0 Å². The molecule has 3 aromatic rings. The third-order valence-corrected chi connectivity index (χ3v) is 5.54. The molecule has 2 fully saturated rings. The van der Waals surface area contributed by atoms with E-state index < -0.39 is 24.3 Å². The number of carbonyl (C=O) groups is 2. The number of ether oxygens (including phenoxy) is 2. The maximum Gasteiger partial charge on any atom is 0.490 e. The van der Waals surface area contributed by atoms with Gasteiger partial charge in [-0.05, 0) is 24.6 Å². The summed E-state index contributed by atoms with van der Waals surface area (Å²) in [5.41, 5.74) is 0.608. The second-order valence-corrected chi connectivity index (χ2v) is 8.16. The molecule has 5 rings (SSSR count). The highest BCUT2D eigenvalue weighted by atomic mass is 19.4. The third kappa shape index (κ3) is 7.65. The van der Waals surface area contributed by atoms with Gasteiger partial charge in [0.05, 0.1) is 19.7 Å². The average molecular weight is 566 g/mol. The Balaban J connectivity index is 0.000000251. The number of aromatic nitrogens is 5. The molecule has 0 amide bonds. The van der Waals surface area contributed by atoms with Crippen LogP contribution in [0.3, 0.4) is 0 Å². The standard InChI is InChI=1S/C17H18N6O2.2C2HF3O2/c1-2-7-18-16(3-1)24-9-13-6-8-25-17(13)10-22(11-17)15-5-4-14-20-19-12-23(14)21-15;2*3-2(4,5)1(6)7/h1-5,7,12-13H,6,8-11H2;2*(H,6,7). The molecule has 1 spiro atoms. The van der Waals surface area contributed by atoms with Crippen molar-refractivity contribution in [3.63, 3.8) is 0 Å². The van der Waals surface area contributed by atoms with Crippen LogP contribution in [0.2, 0.25) is 0 Å². The maximum absolute atomic E-state index is 10.6. The van der Waals surface area contributed by atoms with E-state index in [2.05, 4.69) is 25.2 Å². The summed E-state index contributed by atoms with van der Waals surface area (Å²) in [5.74, 6) is -3.57. The van der Waals surface area contributed by atoms with Crippen molar-refractivity contribution in [1.82, 2.24) is 24.8 Å². The van der Waals surface area contributed by atoms with Gasteiger partial charge in [-0.3, -0.25) is 0 Å². The molecule has 2 N–H and O–H groups in total. The highest BCUT2D eigenvalue weighted by Gasteiger charge is 2.54. The molecule has 2 saturated heterocycles. The first-order valence-corrected chi connectivity index (χ1v) is 10.9. The average Bonchev–Trinajstić information content (AvgIpc) is 3.48. The van der Waals surface area contributed by atoms with E-state index in [0.717, 1.165) is 37.6 Å². The number of halogens is 6. The van der Waals surface area contributed by atoms with Crippen LogP contribution < -0.4 is 9.64 Å². The van der Waals surface area contributed by atoms with Gasteiger partial charge < -0.3 is 24.6 Å². The number of hydrogen-bond acceptors (Lipinski definition) is 9. The summed E-state index contributed by atoms with van der Waals surface area (Å²) < 4.78 is 77.1. The summed E-state index contributed by atoms with van der Waals surface area (Å²) in [6.45, 7) is 3.05. The Kier molecular flexibility index (Phi) is 8.78. The number of anilines is 1.